The highest BCUT2D eigenvalue weighted by atomic mass is 16.6. The van der Waals surface area contributed by atoms with E-state index in [9.17, 15) is 14.9 Å². The van der Waals surface area contributed by atoms with Crippen molar-refractivity contribution in [3.05, 3.63) is 39.9 Å². The Balaban J connectivity index is 2.27. The maximum Gasteiger partial charge on any atom is 0.269 e. The van der Waals surface area contributed by atoms with Crippen LogP contribution in [0.4, 0.5) is 5.69 Å². The molecule has 2 unspecified atom stereocenters. The minimum Gasteiger partial charge on any atom is -0.383 e. The van der Waals surface area contributed by atoms with E-state index >= 15 is 0 Å². The Morgan fingerprint density at radius 3 is 2.90 bits per heavy atom. The maximum atomic E-state index is 12.1. The highest BCUT2D eigenvalue weighted by molar-refractivity contribution is 5.84. The molecule has 0 saturated carbocycles. The Labute approximate surface area is 116 Å². The molecule has 7 heteroatoms. The van der Waals surface area contributed by atoms with E-state index in [0.717, 1.165) is 0 Å². The largest absolute Gasteiger partial charge is 0.383 e. The summed E-state index contributed by atoms with van der Waals surface area (Å²) in [5.74, 6) is -0.0291. The van der Waals surface area contributed by atoms with E-state index in [1.165, 1.54) is 12.1 Å². The number of hydrogen-bond acceptors (Lipinski definition) is 5. The van der Waals surface area contributed by atoms with Gasteiger partial charge >= 0.3 is 0 Å². The molecule has 20 heavy (non-hydrogen) atoms. The van der Waals surface area contributed by atoms with Gasteiger partial charge in [0.2, 0.25) is 5.91 Å². The van der Waals surface area contributed by atoms with Crippen molar-refractivity contribution in [3.63, 3.8) is 0 Å². The van der Waals surface area contributed by atoms with Crippen molar-refractivity contribution in [2.75, 3.05) is 20.3 Å². The van der Waals surface area contributed by atoms with Crippen LogP contribution in [0.25, 0.3) is 0 Å². The third-order valence-electron chi connectivity index (χ3n) is 3.31. The zero-order chi connectivity index (χ0) is 14.7. The molecule has 7 nitrogen and oxygen atoms in total. The van der Waals surface area contributed by atoms with Crippen molar-refractivity contribution < 1.29 is 14.5 Å². The van der Waals surface area contributed by atoms with Gasteiger partial charge in [-0.2, -0.15) is 0 Å². The number of rotatable bonds is 5. The maximum absolute atomic E-state index is 12.1. The van der Waals surface area contributed by atoms with E-state index in [-0.39, 0.29) is 23.8 Å². The highest BCUT2D eigenvalue weighted by Crippen LogP contribution is 2.27. The Bertz CT molecular complexity index is 520. The van der Waals surface area contributed by atoms with E-state index < -0.39 is 4.92 Å². The van der Waals surface area contributed by atoms with Gasteiger partial charge in [0.25, 0.3) is 5.69 Å². The summed E-state index contributed by atoms with van der Waals surface area (Å²) >= 11 is 0. The predicted molar refractivity (Wildman–Crippen MR) is 72.0 cm³/mol. The van der Waals surface area contributed by atoms with Gasteiger partial charge in [0.1, 0.15) is 6.17 Å². The summed E-state index contributed by atoms with van der Waals surface area (Å²) in [5.41, 5.74) is 0.719. The highest BCUT2D eigenvalue weighted by Gasteiger charge is 2.37. The van der Waals surface area contributed by atoms with Crippen molar-refractivity contribution in [3.8, 4) is 0 Å². The number of carbonyl (C=O) groups excluding carboxylic acids is 1. The van der Waals surface area contributed by atoms with Gasteiger partial charge in [0.15, 0.2) is 0 Å². The topological polar surface area (TPSA) is 84.7 Å². The summed E-state index contributed by atoms with van der Waals surface area (Å²) in [7, 11) is 1.57. The van der Waals surface area contributed by atoms with Gasteiger partial charge in [-0.05, 0) is 12.5 Å². The molecule has 1 saturated heterocycles. The Kier molecular flexibility index (Phi) is 4.31. The Morgan fingerprint density at radius 1 is 1.50 bits per heavy atom. The molecule has 1 aliphatic heterocycles. The van der Waals surface area contributed by atoms with E-state index in [2.05, 4.69) is 5.32 Å². The fourth-order valence-corrected chi connectivity index (χ4v) is 2.29. The number of carbonyl (C=O) groups is 1. The molecule has 1 aromatic rings. The van der Waals surface area contributed by atoms with Gasteiger partial charge in [-0.1, -0.05) is 12.1 Å². The van der Waals surface area contributed by atoms with Crippen LogP contribution in [0.5, 0.6) is 0 Å². The molecule has 0 radical (unpaired) electrons. The number of amides is 1. The van der Waals surface area contributed by atoms with Crippen LogP contribution >= 0.6 is 0 Å². The number of non-ortho nitro benzene ring substituents is 1. The number of methoxy groups -OCH3 is 1. The first-order valence-electron chi connectivity index (χ1n) is 6.34. The Morgan fingerprint density at radius 2 is 2.25 bits per heavy atom. The monoisotopic (exact) mass is 279 g/mol. The zero-order valence-electron chi connectivity index (χ0n) is 11.4. The Hall–Kier alpha value is -1.99. The number of benzene rings is 1. The predicted octanol–water partition coefficient (Wildman–Crippen LogP) is 1.06. The SMILES string of the molecule is COCCN1C(=O)C(C)NC1c1cccc([N+](=O)[O-])c1. The standard InChI is InChI=1S/C13H17N3O4/c1-9-13(17)15(6-7-20-2)12(14-9)10-4-3-5-11(8-10)16(18)19/h3-5,8-9,12,14H,6-7H2,1-2H3. The third kappa shape index (κ3) is 2.78. The summed E-state index contributed by atoms with van der Waals surface area (Å²) < 4.78 is 5.00. The van der Waals surface area contributed by atoms with Crippen LogP contribution in [0.2, 0.25) is 0 Å². The molecule has 0 bridgehead atoms. The molecule has 2 atom stereocenters. The van der Waals surface area contributed by atoms with Crippen molar-refractivity contribution in [1.29, 1.82) is 0 Å². The molecular formula is C13H17N3O4. The molecule has 108 valence electrons. The van der Waals surface area contributed by atoms with Gasteiger partial charge in [-0.15, -0.1) is 0 Å². The summed E-state index contributed by atoms with van der Waals surface area (Å²) in [6.45, 7) is 2.64. The molecule has 1 heterocycles. The zero-order valence-corrected chi connectivity index (χ0v) is 11.4. The van der Waals surface area contributed by atoms with Gasteiger partial charge in [-0.25, -0.2) is 0 Å². The van der Waals surface area contributed by atoms with Crippen LogP contribution in [0.15, 0.2) is 24.3 Å². The average Bonchev–Trinajstić information content (AvgIpc) is 2.73. The first-order valence-corrected chi connectivity index (χ1v) is 6.34. The molecule has 1 N–H and O–H groups in total. The second kappa shape index (κ2) is 5.98. The molecular weight excluding hydrogens is 262 g/mol. The van der Waals surface area contributed by atoms with Crippen LogP contribution in [-0.4, -0.2) is 42.0 Å². The van der Waals surface area contributed by atoms with Gasteiger partial charge in [0, 0.05) is 25.8 Å². The minimum atomic E-state index is -0.441. The van der Waals surface area contributed by atoms with Crippen LogP contribution in [0, 0.1) is 10.1 Å². The summed E-state index contributed by atoms with van der Waals surface area (Å²) in [5, 5.41) is 14.0. The molecule has 0 aromatic heterocycles. The fraction of sp³-hybridized carbons (Fsp3) is 0.462. The molecule has 1 aromatic carbocycles. The minimum absolute atomic E-state index is 0.0167. The van der Waals surface area contributed by atoms with Crippen LogP contribution < -0.4 is 5.32 Å². The first kappa shape index (κ1) is 14.4. The molecule has 1 fully saturated rings. The van der Waals surface area contributed by atoms with Crippen molar-refractivity contribution in [1.82, 2.24) is 10.2 Å². The van der Waals surface area contributed by atoms with E-state index in [0.29, 0.717) is 18.7 Å². The summed E-state index contributed by atoms with van der Waals surface area (Å²) in [6, 6.07) is 6.01. The number of nitro benzene ring substituents is 1. The van der Waals surface area contributed by atoms with Crippen LogP contribution in [0.3, 0.4) is 0 Å². The summed E-state index contributed by atoms with van der Waals surface area (Å²) in [4.78, 5) is 24.1. The number of nitrogens with one attached hydrogen (secondary N) is 1. The van der Waals surface area contributed by atoms with Crippen molar-refractivity contribution in [2.24, 2.45) is 0 Å². The second-order valence-corrected chi connectivity index (χ2v) is 4.67. The molecule has 2 rings (SSSR count). The van der Waals surface area contributed by atoms with Gasteiger partial charge < -0.3 is 9.64 Å². The lowest BCUT2D eigenvalue weighted by molar-refractivity contribution is -0.385. The van der Waals surface area contributed by atoms with E-state index in [1.54, 1.807) is 31.1 Å². The molecule has 0 aliphatic carbocycles. The van der Waals surface area contributed by atoms with Gasteiger partial charge in [0.05, 0.1) is 17.6 Å². The van der Waals surface area contributed by atoms with Crippen molar-refractivity contribution >= 4 is 11.6 Å². The smallest absolute Gasteiger partial charge is 0.269 e. The molecule has 1 amide bonds. The van der Waals surface area contributed by atoms with Crippen LogP contribution in [-0.2, 0) is 9.53 Å². The number of ether oxygens (including phenoxy) is 1. The lowest BCUT2D eigenvalue weighted by Gasteiger charge is -2.24. The average molecular weight is 279 g/mol. The lowest BCUT2D eigenvalue weighted by Crippen LogP contribution is -2.33. The van der Waals surface area contributed by atoms with E-state index in [4.69, 9.17) is 4.74 Å². The van der Waals surface area contributed by atoms with Gasteiger partial charge in [-0.3, -0.25) is 20.2 Å². The van der Waals surface area contributed by atoms with E-state index in [1.807, 2.05) is 0 Å². The number of nitrogens with zero attached hydrogens (tertiary/aromatic N) is 2. The number of nitro groups is 1. The third-order valence-corrected chi connectivity index (χ3v) is 3.31. The summed E-state index contributed by atoms with van der Waals surface area (Å²) in [6.07, 6.45) is -0.354. The molecule has 1 aliphatic rings. The molecule has 0 spiro atoms. The second-order valence-electron chi connectivity index (χ2n) is 4.67. The van der Waals surface area contributed by atoms with Crippen molar-refractivity contribution in [2.45, 2.75) is 19.1 Å². The normalized spacial score (nSPS) is 22.3. The van der Waals surface area contributed by atoms with Crippen LogP contribution in [0.1, 0.15) is 18.7 Å². The quantitative estimate of drug-likeness (QED) is 0.643. The lowest BCUT2D eigenvalue weighted by atomic mass is 10.1. The fourth-order valence-electron chi connectivity index (χ4n) is 2.29. The first-order chi connectivity index (χ1) is 9.54. The number of hydrogen-bond donors (Lipinski definition) is 1.